The standard InChI is InChI=1S/C20H33N/c1-17(2)16-21-14-8-4-3-5-9-18-12-13-19-10-6-7-11-20(19)15-18/h12-13,15,17,21H,3-11,14,16H2,1-2H3. The van der Waals surface area contributed by atoms with Crippen molar-refractivity contribution >= 4 is 0 Å². The molecule has 1 N–H and O–H groups in total. The summed E-state index contributed by atoms with van der Waals surface area (Å²) < 4.78 is 0. The molecule has 0 aromatic heterocycles. The summed E-state index contributed by atoms with van der Waals surface area (Å²) in [6, 6.07) is 7.24. The fourth-order valence-electron chi connectivity index (χ4n) is 3.27. The lowest BCUT2D eigenvalue weighted by atomic mass is 9.89. The van der Waals surface area contributed by atoms with Gasteiger partial charge >= 0.3 is 0 Å². The normalized spacial score (nSPS) is 14.4. The minimum atomic E-state index is 0.772. The summed E-state index contributed by atoms with van der Waals surface area (Å²) in [7, 11) is 0. The molecule has 1 aliphatic rings. The number of unbranched alkanes of at least 4 members (excludes halogenated alkanes) is 3. The number of benzene rings is 1. The maximum Gasteiger partial charge on any atom is -0.00258 e. The Labute approximate surface area is 131 Å². The summed E-state index contributed by atoms with van der Waals surface area (Å²) in [5.74, 6) is 0.772. The molecule has 0 saturated carbocycles. The van der Waals surface area contributed by atoms with Crippen molar-refractivity contribution in [2.45, 2.75) is 71.6 Å². The van der Waals surface area contributed by atoms with Crippen LogP contribution in [0.4, 0.5) is 0 Å². The van der Waals surface area contributed by atoms with Gasteiger partial charge in [-0.05, 0) is 80.6 Å². The van der Waals surface area contributed by atoms with Crippen LogP contribution in [0, 0.1) is 5.92 Å². The first kappa shape index (κ1) is 16.5. The number of hydrogen-bond acceptors (Lipinski definition) is 1. The first-order valence-corrected chi connectivity index (χ1v) is 9.07. The van der Waals surface area contributed by atoms with Crippen LogP contribution in [0.25, 0.3) is 0 Å². The third-order valence-corrected chi connectivity index (χ3v) is 4.53. The minimum absolute atomic E-state index is 0.772. The van der Waals surface area contributed by atoms with Crippen LogP contribution in [-0.4, -0.2) is 13.1 Å². The average Bonchev–Trinajstić information content (AvgIpc) is 2.49. The van der Waals surface area contributed by atoms with Gasteiger partial charge in [-0.25, -0.2) is 0 Å². The first-order valence-electron chi connectivity index (χ1n) is 9.07. The molecule has 1 aromatic carbocycles. The molecule has 0 amide bonds. The van der Waals surface area contributed by atoms with Gasteiger partial charge in [0.15, 0.2) is 0 Å². The third kappa shape index (κ3) is 6.22. The fourth-order valence-corrected chi connectivity index (χ4v) is 3.27. The Morgan fingerprint density at radius 2 is 1.71 bits per heavy atom. The molecule has 1 nitrogen and oxygen atoms in total. The van der Waals surface area contributed by atoms with E-state index in [0.717, 1.165) is 12.5 Å². The molecule has 0 bridgehead atoms. The van der Waals surface area contributed by atoms with Crippen LogP contribution in [0.15, 0.2) is 18.2 Å². The Morgan fingerprint density at radius 1 is 0.952 bits per heavy atom. The van der Waals surface area contributed by atoms with Crippen LogP contribution in [0.1, 0.15) is 69.1 Å². The molecular formula is C20H33N. The van der Waals surface area contributed by atoms with E-state index in [1.54, 1.807) is 16.7 Å². The summed E-state index contributed by atoms with van der Waals surface area (Å²) in [5.41, 5.74) is 4.81. The van der Waals surface area contributed by atoms with Gasteiger partial charge in [-0.15, -0.1) is 0 Å². The van der Waals surface area contributed by atoms with Crippen LogP contribution in [-0.2, 0) is 19.3 Å². The van der Waals surface area contributed by atoms with Crippen molar-refractivity contribution in [2.75, 3.05) is 13.1 Å². The quantitative estimate of drug-likeness (QED) is 0.636. The summed E-state index contributed by atoms with van der Waals surface area (Å²) >= 11 is 0. The summed E-state index contributed by atoms with van der Waals surface area (Å²) in [4.78, 5) is 0. The third-order valence-electron chi connectivity index (χ3n) is 4.53. The van der Waals surface area contributed by atoms with E-state index in [0.29, 0.717) is 0 Å². The van der Waals surface area contributed by atoms with Crippen LogP contribution >= 0.6 is 0 Å². The van der Waals surface area contributed by atoms with Gasteiger partial charge in [0.25, 0.3) is 0 Å². The largest absolute Gasteiger partial charge is 0.316 e. The molecule has 0 atom stereocenters. The Hall–Kier alpha value is -0.820. The van der Waals surface area contributed by atoms with Crippen molar-refractivity contribution in [2.24, 2.45) is 5.92 Å². The van der Waals surface area contributed by atoms with E-state index < -0.39 is 0 Å². The molecule has 1 aliphatic carbocycles. The molecule has 0 saturated heterocycles. The summed E-state index contributed by atoms with van der Waals surface area (Å²) in [6.45, 7) is 6.89. The maximum atomic E-state index is 3.53. The lowest BCUT2D eigenvalue weighted by Gasteiger charge is -2.16. The number of rotatable bonds is 9. The van der Waals surface area contributed by atoms with E-state index in [1.165, 1.54) is 64.3 Å². The lowest BCUT2D eigenvalue weighted by molar-refractivity contribution is 0.526. The second kappa shape index (κ2) is 9.25. The highest BCUT2D eigenvalue weighted by Crippen LogP contribution is 2.23. The second-order valence-electron chi connectivity index (χ2n) is 7.07. The van der Waals surface area contributed by atoms with Crippen molar-refractivity contribution in [3.63, 3.8) is 0 Å². The number of nitrogens with one attached hydrogen (secondary N) is 1. The van der Waals surface area contributed by atoms with E-state index in [4.69, 9.17) is 0 Å². The van der Waals surface area contributed by atoms with Crippen molar-refractivity contribution in [1.29, 1.82) is 0 Å². The lowest BCUT2D eigenvalue weighted by Crippen LogP contribution is -2.20. The van der Waals surface area contributed by atoms with Gasteiger partial charge in [0.1, 0.15) is 0 Å². The van der Waals surface area contributed by atoms with E-state index in [2.05, 4.69) is 37.4 Å². The van der Waals surface area contributed by atoms with Gasteiger partial charge in [0, 0.05) is 0 Å². The maximum absolute atomic E-state index is 3.53. The molecule has 0 radical (unpaired) electrons. The highest BCUT2D eigenvalue weighted by molar-refractivity contribution is 5.33. The van der Waals surface area contributed by atoms with Gasteiger partial charge in [0.05, 0.1) is 0 Å². The topological polar surface area (TPSA) is 12.0 Å². The zero-order chi connectivity index (χ0) is 14.9. The summed E-state index contributed by atoms with van der Waals surface area (Å²) in [5, 5.41) is 3.53. The van der Waals surface area contributed by atoms with Crippen molar-refractivity contribution in [3.05, 3.63) is 34.9 Å². The monoisotopic (exact) mass is 287 g/mol. The second-order valence-corrected chi connectivity index (χ2v) is 7.07. The molecule has 118 valence electrons. The van der Waals surface area contributed by atoms with Crippen LogP contribution in [0.5, 0.6) is 0 Å². The van der Waals surface area contributed by atoms with Gasteiger partial charge in [-0.1, -0.05) is 44.9 Å². The van der Waals surface area contributed by atoms with E-state index >= 15 is 0 Å². The highest BCUT2D eigenvalue weighted by atomic mass is 14.8. The molecule has 2 rings (SSSR count). The van der Waals surface area contributed by atoms with Crippen molar-refractivity contribution < 1.29 is 0 Å². The van der Waals surface area contributed by atoms with E-state index in [1.807, 2.05) is 0 Å². The molecule has 21 heavy (non-hydrogen) atoms. The number of aryl methyl sites for hydroxylation is 3. The van der Waals surface area contributed by atoms with Gasteiger partial charge in [-0.2, -0.15) is 0 Å². The predicted octanol–water partition coefficient (Wildman–Crippen LogP) is 4.91. The van der Waals surface area contributed by atoms with Crippen molar-refractivity contribution in [3.8, 4) is 0 Å². The Morgan fingerprint density at radius 3 is 2.52 bits per heavy atom. The predicted molar refractivity (Wildman–Crippen MR) is 93.0 cm³/mol. The van der Waals surface area contributed by atoms with Crippen LogP contribution < -0.4 is 5.32 Å². The van der Waals surface area contributed by atoms with Gasteiger partial charge in [-0.3, -0.25) is 0 Å². The Kier molecular flexibility index (Phi) is 7.29. The molecular weight excluding hydrogens is 254 g/mol. The molecule has 1 heteroatoms. The number of hydrogen-bond donors (Lipinski definition) is 1. The van der Waals surface area contributed by atoms with E-state index in [-0.39, 0.29) is 0 Å². The Balaban J connectivity index is 1.56. The van der Waals surface area contributed by atoms with Crippen LogP contribution in [0.2, 0.25) is 0 Å². The van der Waals surface area contributed by atoms with Crippen LogP contribution in [0.3, 0.4) is 0 Å². The fraction of sp³-hybridized carbons (Fsp3) is 0.700. The first-order chi connectivity index (χ1) is 10.3. The molecule has 0 unspecified atom stereocenters. The minimum Gasteiger partial charge on any atom is -0.316 e. The zero-order valence-corrected chi connectivity index (χ0v) is 14.1. The summed E-state index contributed by atoms with van der Waals surface area (Å²) in [6.07, 6.45) is 12.1. The highest BCUT2D eigenvalue weighted by Gasteiger charge is 2.09. The SMILES string of the molecule is CC(C)CNCCCCCCc1ccc2c(c1)CCCC2. The van der Waals surface area contributed by atoms with Gasteiger partial charge < -0.3 is 5.32 Å². The zero-order valence-electron chi connectivity index (χ0n) is 14.1. The van der Waals surface area contributed by atoms with Gasteiger partial charge in [0.2, 0.25) is 0 Å². The smallest absolute Gasteiger partial charge is 0.00258 e. The Bertz CT molecular complexity index is 408. The average molecular weight is 287 g/mol. The van der Waals surface area contributed by atoms with E-state index in [9.17, 15) is 0 Å². The molecule has 0 spiro atoms. The number of fused-ring (bicyclic) bond motifs is 1. The molecule has 0 fully saturated rings. The molecule has 0 aliphatic heterocycles. The molecule has 0 heterocycles. The molecule has 1 aromatic rings. The van der Waals surface area contributed by atoms with Crippen molar-refractivity contribution in [1.82, 2.24) is 5.32 Å².